The Morgan fingerprint density at radius 2 is 1.96 bits per heavy atom. The number of nitrogens with zero attached hydrogens (tertiary/aromatic N) is 4. The van der Waals surface area contributed by atoms with Crippen molar-refractivity contribution < 1.29 is 12.8 Å². The van der Waals surface area contributed by atoms with Crippen LogP contribution in [0.4, 0.5) is 4.39 Å². The molecule has 3 heterocycles. The number of imidazole rings is 1. The number of hydrogen-bond donors (Lipinski definition) is 1. The van der Waals surface area contributed by atoms with Crippen LogP contribution in [0.2, 0.25) is 0 Å². The molecule has 1 aromatic carbocycles. The molecular formula is C18H18FN5O2S. The van der Waals surface area contributed by atoms with Crippen LogP contribution in [0, 0.1) is 5.82 Å². The van der Waals surface area contributed by atoms with Crippen molar-refractivity contribution in [2.45, 2.75) is 24.7 Å². The van der Waals surface area contributed by atoms with E-state index in [-0.39, 0.29) is 11.0 Å². The van der Waals surface area contributed by atoms with Crippen molar-refractivity contribution in [3.63, 3.8) is 0 Å². The molecule has 0 spiro atoms. The van der Waals surface area contributed by atoms with Crippen molar-refractivity contribution in [1.82, 2.24) is 24.8 Å². The summed E-state index contributed by atoms with van der Waals surface area (Å²) in [5.41, 5.74) is 3.43. The summed E-state index contributed by atoms with van der Waals surface area (Å²) < 4.78 is 36.2. The zero-order valence-corrected chi connectivity index (χ0v) is 15.5. The molecular weight excluding hydrogens is 369 g/mol. The molecule has 3 aromatic rings. The van der Waals surface area contributed by atoms with Crippen LogP contribution >= 0.6 is 0 Å². The van der Waals surface area contributed by atoms with Gasteiger partial charge in [-0.2, -0.15) is 0 Å². The molecule has 7 nitrogen and oxygen atoms in total. The molecule has 140 valence electrons. The number of H-pyrrole nitrogens is 1. The van der Waals surface area contributed by atoms with Gasteiger partial charge in [0.2, 0.25) is 15.0 Å². The normalized spacial score (nSPS) is 14.9. The molecule has 9 heteroatoms. The van der Waals surface area contributed by atoms with Gasteiger partial charge < -0.3 is 4.98 Å². The number of hydrogen-bond acceptors (Lipinski definition) is 6. The van der Waals surface area contributed by atoms with E-state index in [1.165, 1.54) is 12.1 Å². The van der Waals surface area contributed by atoms with Gasteiger partial charge in [0.25, 0.3) is 0 Å². The summed E-state index contributed by atoms with van der Waals surface area (Å²) >= 11 is 0. The van der Waals surface area contributed by atoms with Crippen molar-refractivity contribution in [2.75, 3.05) is 12.8 Å². The number of fused-ring (bicyclic) bond motifs is 1. The van der Waals surface area contributed by atoms with Crippen LogP contribution in [0.1, 0.15) is 17.1 Å². The number of nitrogens with one attached hydrogen (secondary N) is 1. The van der Waals surface area contributed by atoms with Crippen molar-refractivity contribution in [1.29, 1.82) is 0 Å². The van der Waals surface area contributed by atoms with Gasteiger partial charge in [-0.3, -0.25) is 4.90 Å². The Labute approximate surface area is 156 Å². The number of halogens is 1. The summed E-state index contributed by atoms with van der Waals surface area (Å²) in [5, 5.41) is -0.121. The molecule has 0 saturated heterocycles. The molecule has 0 aliphatic carbocycles. The lowest BCUT2D eigenvalue weighted by Gasteiger charge is -2.27. The number of sulfone groups is 1. The molecule has 27 heavy (non-hydrogen) atoms. The molecule has 0 amide bonds. The van der Waals surface area contributed by atoms with Crippen molar-refractivity contribution in [2.24, 2.45) is 0 Å². The summed E-state index contributed by atoms with van der Waals surface area (Å²) in [7, 11) is -3.40. The first kappa shape index (κ1) is 17.7. The van der Waals surface area contributed by atoms with Crippen LogP contribution in [0.15, 0.2) is 41.8 Å². The number of aromatic nitrogens is 4. The molecule has 2 aromatic heterocycles. The average molecular weight is 387 g/mol. The first-order valence-electron chi connectivity index (χ1n) is 8.45. The van der Waals surface area contributed by atoms with Crippen molar-refractivity contribution in [3.8, 4) is 11.3 Å². The number of benzene rings is 1. The summed E-state index contributed by atoms with van der Waals surface area (Å²) in [4.78, 5) is 18.0. The van der Waals surface area contributed by atoms with Gasteiger partial charge in [-0.05, 0) is 29.8 Å². The van der Waals surface area contributed by atoms with Crippen LogP contribution in [0.3, 0.4) is 0 Å². The molecule has 0 atom stereocenters. The third-order valence-corrected chi connectivity index (χ3v) is 5.34. The van der Waals surface area contributed by atoms with E-state index in [0.717, 1.165) is 41.1 Å². The molecule has 4 rings (SSSR count). The molecule has 0 bridgehead atoms. The maximum Gasteiger partial charge on any atom is 0.246 e. The smallest absolute Gasteiger partial charge is 0.246 e. The van der Waals surface area contributed by atoms with E-state index in [4.69, 9.17) is 0 Å². The first-order valence-corrected chi connectivity index (χ1v) is 10.3. The maximum atomic E-state index is 13.1. The van der Waals surface area contributed by atoms with Gasteiger partial charge in [-0.15, -0.1) is 0 Å². The summed E-state index contributed by atoms with van der Waals surface area (Å²) in [5.74, 6) is 0.540. The Kier molecular flexibility index (Phi) is 4.48. The lowest BCUT2D eigenvalue weighted by atomic mass is 10.1. The molecule has 1 aliphatic heterocycles. The van der Waals surface area contributed by atoms with E-state index in [0.29, 0.717) is 19.5 Å². The Bertz CT molecular complexity index is 1080. The second kappa shape index (κ2) is 6.82. The lowest BCUT2D eigenvalue weighted by Crippen LogP contribution is -2.31. The molecule has 0 saturated carbocycles. The molecule has 1 N–H and O–H groups in total. The van der Waals surface area contributed by atoms with Crippen LogP contribution in [-0.4, -0.2) is 46.1 Å². The van der Waals surface area contributed by atoms with Crippen LogP contribution in [0.25, 0.3) is 11.3 Å². The average Bonchev–Trinajstić information content (AvgIpc) is 3.09. The summed E-state index contributed by atoms with van der Waals surface area (Å²) in [6, 6.07) is 6.26. The maximum absolute atomic E-state index is 13.1. The second-order valence-electron chi connectivity index (χ2n) is 6.61. The van der Waals surface area contributed by atoms with E-state index in [2.05, 4.69) is 24.8 Å². The summed E-state index contributed by atoms with van der Waals surface area (Å²) in [6.07, 6.45) is 5.10. The minimum atomic E-state index is -3.40. The van der Waals surface area contributed by atoms with Gasteiger partial charge in [-0.25, -0.2) is 27.8 Å². The van der Waals surface area contributed by atoms with E-state index >= 15 is 0 Å². The van der Waals surface area contributed by atoms with Gasteiger partial charge in [0.15, 0.2) is 0 Å². The Morgan fingerprint density at radius 3 is 2.70 bits per heavy atom. The predicted molar refractivity (Wildman–Crippen MR) is 96.9 cm³/mol. The third-order valence-electron chi connectivity index (χ3n) is 4.48. The fraction of sp³-hybridized carbons (Fsp3) is 0.278. The zero-order chi connectivity index (χ0) is 19.0. The second-order valence-corrected chi connectivity index (χ2v) is 8.52. The van der Waals surface area contributed by atoms with Crippen molar-refractivity contribution >= 4 is 9.84 Å². The van der Waals surface area contributed by atoms with Crippen molar-refractivity contribution in [3.05, 3.63) is 59.6 Å². The van der Waals surface area contributed by atoms with Crippen LogP contribution < -0.4 is 0 Å². The number of rotatable bonds is 4. The van der Waals surface area contributed by atoms with E-state index < -0.39 is 9.84 Å². The van der Waals surface area contributed by atoms with Gasteiger partial charge in [0.05, 0.1) is 24.1 Å². The van der Waals surface area contributed by atoms with Crippen LogP contribution in [-0.2, 0) is 29.3 Å². The van der Waals surface area contributed by atoms with Crippen LogP contribution in [0.5, 0.6) is 0 Å². The Balaban J connectivity index is 1.47. The zero-order valence-electron chi connectivity index (χ0n) is 14.7. The van der Waals surface area contributed by atoms with Gasteiger partial charge in [0, 0.05) is 37.5 Å². The Morgan fingerprint density at radius 1 is 1.19 bits per heavy atom. The van der Waals surface area contributed by atoms with E-state index in [9.17, 15) is 12.8 Å². The monoisotopic (exact) mass is 387 g/mol. The highest BCUT2D eigenvalue weighted by molar-refractivity contribution is 7.90. The largest absolute Gasteiger partial charge is 0.341 e. The highest BCUT2D eigenvalue weighted by atomic mass is 32.2. The standard InChI is InChI=1S/C18H18FN5O2S/c1-27(25,26)18-21-8-13-10-24(7-6-15(13)23-18)11-17-20-9-16(22-17)12-2-4-14(19)5-3-12/h2-5,8-9H,6-7,10-11H2,1H3,(H,20,22). The van der Waals surface area contributed by atoms with Gasteiger partial charge >= 0.3 is 0 Å². The predicted octanol–water partition coefficient (Wildman–Crippen LogP) is 1.97. The van der Waals surface area contributed by atoms with E-state index in [1.807, 2.05) is 0 Å². The Hall–Kier alpha value is -2.65. The van der Waals surface area contributed by atoms with E-state index in [1.54, 1.807) is 24.5 Å². The highest BCUT2D eigenvalue weighted by Gasteiger charge is 2.21. The molecule has 0 radical (unpaired) electrons. The molecule has 0 fully saturated rings. The molecule has 0 unspecified atom stereocenters. The fourth-order valence-electron chi connectivity index (χ4n) is 3.10. The highest BCUT2D eigenvalue weighted by Crippen LogP contribution is 2.21. The SMILES string of the molecule is CS(=O)(=O)c1ncc2c(n1)CCN(Cc1ncc(-c3ccc(F)cc3)[nH]1)C2. The number of aromatic amines is 1. The lowest BCUT2D eigenvalue weighted by molar-refractivity contribution is 0.237. The minimum Gasteiger partial charge on any atom is -0.341 e. The quantitative estimate of drug-likeness (QED) is 0.688. The molecule has 1 aliphatic rings. The minimum absolute atomic E-state index is 0.121. The topological polar surface area (TPSA) is 91.8 Å². The summed E-state index contributed by atoms with van der Waals surface area (Å²) in [6.45, 7) is 2.00. The van der Waals surface area contributed by atoms with Gasteiger partial charge in [0.1, 0.15) is 11.6 Å². The first-order chi connectivity index (χ1) is 12.9. The fourth-order valence-corrected chi connectivity index (χ4v) is 3.62. The van der Waals surface area contributed by atoms with Gasteiger partial charge in [-0.1, -0.05) is 0 Å². The third kappa shape index (κ3) is 3.88.